The molecule has 3 heterocycles. The van der Waals surface area contributed by atoms with Crippen LogP contribution in [0.1, 0.15) is 46.7 Å². The van der Waals surface area contributed by atoms with Crippen molar-refractivity contribution in [3.8, 4) is 5.75 Å². The van der Waals surface area contributed by atoms with E-state index in [9.17, 15) is 27.5 Å². The van der Waals surface area contributed by atoms with Gasteiger partial charge >= 0.3 is 0 Å². The maximum absolute atomic E-state index is 13.5. The van der Waals surface area contributed by atoms with Gasteiger partial charge in [0.2, 0.25) is 5.75 Å². The number of sulfone groups is 1. The SMILES string of the molecule is Cc1cc(CNC(=O)c2nc3n(c(=O)c2O)CCCS(=O)(=O)C32CCOCC2)ccc1F. The number of aromatic nitrogens is 2. The minimum atomic E-state index is -3.68. The highest BCUT2D eigenvalue weighted by molar-refractivity contribution is 7.92. The molecule has 0 radical (unpaired) electrons. The van der Waals surface area contributed by atoms with Crippen LogP contribution in [0.3, 0.4) is 0 Å². The fraction of sp³-hybridized carbons (Fsp3) is 0.476. The number of ether oxygens (including phenoxy) is 1. The molecule has 4 rings (SSSR count). The van der Waals surface area contributed by atoms with Crippen molar-refractivity contribution in [3.05, 3.63) is 57.0 Å². The second-order valence-electron chi connectivity index (χ2n) is 8.13. The number of hydrogen-bond acceptors (Lipinski definition) is 7. The highest BCUT2D eigenvalue weighted by Crippen LogP contribution is 2.41. The molecule has 32 heavy (non-hydrogen) atoms. The Balaban J connectivity index is 1.75. The molecule has 0 unspecified atom stereocenters. The first kappa shape index (κ1) is 22.4. The van der Waals surface area contributed by atoms with Crippen molar-refractivity contribution < 1.29 is 27.4 Å². The molecule has 1 aromatic carbocycles. The van der Waals surface area contributed by atoms with Gasteiger partial charge in [0.15, 0.2) is 15.5 Å². The molecule has 11 heteroatoms. The molecule has 1 amide bonds. The topological polar surface area (TPSA) is 128 Å². The van der Waals surface area contributed by atoms with E-state index in [1.807, 2.05) is 0 Å². The monoisotopic (exact) mass is 465 g/mol. The van der Waals surface area contributed by atoms with Gasteiger partial charge in [-0.05, 0) is 43.4 Å². The first-order chi connectivity index (χ1) is 15.2. The lowest BCUT2D eigenvalue weighted by molar-refractivity contribution is 0.0707. The standard InChI is InChI=1S/C21H24FN3O6S/c1-13-11-14(3-4-15(13)22)12-23-18(27)16-17(26)19(28)25-7-2-10-32(29,30)21(20(25)24-16)5-8-31-9-6-21/h3-4,11,26H,2,5-10,12H2,1H3,(H,23,27). The zero-order valence-corrected chi connectivity index (χ0v) is 18.4. The van der Waals surface area contributed by atoms with Crippen LogP contribution in [0, 0.1) is 12.7 Å². The van der Waals surface area contributed by atoms with Crippen molar-refractivity contribution >= 4 is 15.7 Å². The number of rotatable bonds is 3. The van der Waals surface area contributed by atoms with Gasteiger partial charge in [0.1, 0.15) is 16.4 Å². The predicted octanol–water partition coefficient (Wildman–Crippen LogP) is 1.15. The highest BCUT2D eigenvalue weighted by atomic mass is 32.2. The number of hydrogen-bond donors (Lipinski definition) is 2. The van der Waals surface area contributed by atoms with Crippen LogP contribution < -0.4 is 10.9 Å². The molecule has 2 aliphatic rings. The van der Waals surface area contributed by atoms with Crippen LogP contribution in [0.5, 0.6) is 5.75 Å². The van der Waals surface area contributed by atoms with E-state index >= 15 is 0 Å². The van der Waals surface area contributed by atoms with Crippen LogP contribution in [0.4, 0.5) is 4.39 Å². The number of aryl methyl sites for hydroxylation is 1. The van der Waals surface area contributed by atoms with Crippen molar-refractivity contribution in [2.75, 3.05) is 19.0 Å². The number of fused-ring (bicyclic) bond motifs is 2. The number of benzene rings is 1. The van der Waals surface area contributed by atoms with Gasteiger partial charge in [-0.1, -0.05) is 12.1 Å². The normalized spacial score (nSPS) is 19.2. The number of carbonyl (C=O) groups excluding carboxylic acids is 1. The summed E-state index contributed by atoms with van der Waals surface area (Å²) in [6.45, 7) is 2.04. The molecule has 0 aliphatic carbocycles. The molecule has 0 saturated carbocycles. The third kappa shape index (κ3) is 3.69. The van der Waals surface area contributed by atoms with E-state index in [0.717, 1.165) is 0 Å². The van der Waals surface area contributed by atoms with Gasteiger partial charge in [0.05, 0.1) is 5.75 Å². The van der Waals surface area contributed by atoms with E-state index in [0.29, 0.717) is 11.1 Å². The van der Waals surface area contributed by atoms with Crippen molar-refractivity contribution in [2.24, 2.45) is 0 Å². The zero-order chi connectivity index (χ0) is 23.1. The van der Waals surface area contributed by atoms with Gasteiger partial charge in [-0.25, -0.2) is 17.8 Å². The second-order valence-corrected chi connectivity index (χ2v) is 10.6. The summed E-state index contributed by atoms with van der Waals surface area (Å²) in [6, 6.07) is 4.35. The predicted molar refractivity (Wildman–Crippen MR) is 113 cm³/mol. The van der Waals surface area contributed by atoms with E-state index in [1.54, 1.807) is 13.0 Å². The second kappa shape index (κ2) is 8.28. The van der Waals surface area contributed by atoms with Gasteiger partial charge in [-0.3, -0.25) is 14.2 Å². The molecule has 1 fully saturated rings. The smallest absolute Gasteiger partial charge is 0.296 e. The summed E-state index contributed by atoms with van der Waals surface area (Å²) in [4.78, 5) is 30.0. The molecule has 1 saturated heterocycles. The van der Waals surface area contributed by atoms with Crippen molar-refractivity contribution in [3.63, 3.8) is 0 Å². The maximum atomic E-state index is 13.5. The molecular formula is C21H24FN3O6S. The van der Waals surface area contributed by atoms with Crippen LogP contribution in [-0.2, 0) is 32.4 Å². The first-order valence-corrected chi connectivity index (χ1v) is 12.0. The van der Waals surface area contributed by atoms with Gasteiger partial charge in [0.25, 0.3) is 11.5 Å². The number of amides is 1. The lowest BCUT2D eigenvalue weighted by Crippen LogP contribution is -2.46. The highest BCUT2D eigenvalue weighted by Gasteiger charge is 2.51. The summed E-state index contributed by atoms with van der Waals surface area (Å²) in [5.74, 6) is -2.18. The third-order valence-electron chi connectivity index (χ3n) is 6.13. The van der Waals surface area contributed by atoms with Crippen LogP contribution in [0.15, 0.2) is 23.0 Å². The Morgan fingerprint density at radius 2 is 2.06 bits per heavy atom. The maximum Gasteiger partial charge on any atom is 0.296 e. The third-order valence-corrected chi connectivity index (χ3v) is 8.74. The van der Waals surface area contributed by atoms with E-state index < -0.39 is 37.5 Å². The van der Waals surface area contributed by atoms with E-state index in [4.69, 9.17) is 4.74 Å². The van der Waals surface area contributed by atoms with E-state index in [2.05, 4.69) is 10.3 Å². The summed E-state index contributed by atoms with van der Waals surface area (Å²) < 4.78 is 44.9. The van der Waals surface area contributed by atoms with Crippen LogP contribution >= 0.6 is 0 Å². The van der Waals surface area contributed by atoms with E-state index in [-0.39, 0.29) is 63.0 Å². The average Bonchev–Trinajstić information content (AvgIpc) is 2.87. The molecule has 0 atom stereocenters. The van der Waals surface area contributed by atoms with Crippen molar-refractivity contribution in [1.82, 2.24) is 14.9 Å². The Kier molecular flexibility index (Phi) is 5.80. The summed E-state index contributed by atoms with van der Waals surface area (Å²) in [7, 11) is -3.68. The largest absolute Gasteiger partial charge is 0.501 e. The van der Waals surface area contributed by atoms with E-state index in [1.165, 1.54) is 16.7 Å². The molecular weight excluding hydrogens is 441 g/mol. The first-order valence-electron chi connectivity index (χ1n) is 10.3. The zero-order valence-electron chi connectivity index (χ0n) is 17.6. The molecule has 172 valence electrons. The molecule has 1 spiro atoms. The average molecular weight is 466 g/mol. The van der Waals surface area contributed by atoms with Crippen molar-refractivity contribution in [1.29, 1.82) is 0 Å². The Bertz CT molecular complexity index is 1230. The molecule has 2 aliphatic heterocycles. The van der Waals surface area contributed by atoms with Crippen molar-refractivity contribution in [2.45, 2.75) is 44.0 Å². The quantitative estimate of drug-likeness (QED) is 0.696. The van der Waals surface area contributed by atoms with Gasteiger partial charge in [-0.15, -0.1) is 0 Å². The summed E-state index contributed by atoms with van der Waals surface area (Å²) in [5, 5.41) is 13.0. The van der Waals surface area contributed by atoms with Crippen LogP contribution in [-0.4, -0.2) is 47.9 Å². The molecule has 2 aromatic rings. The van der Waals surface area contributed by atoms with Crippen LogP contribution in [0.2, 0.25) is 0 Å². The number of halogens is 1. The summed E-state index contributed by atoms with van der Waals surface area (Å²) >= 11 is 0. The Morgan fingerprint density at radius 1 is 1.34 bits per heavy atom. The molecule has 9 nitrogen and oxygen atoms in total. The summed E-state index contributed by atoms with van der Waals surface area (Å²) in [5.41, 5.74) is -0.344. The number of carbonyl (C=O) groups is 1. The Morgan fingerprint density at radius 3 is 2.75 bits per heavy atom. The lowest BCUT2D eigenvalue weighted by atomic mass is 9.97. The number of nitrogens with zero attached hydrogens (tertiary/aromatic N) is 2. The van der Waals surface area contributed by atoms with Gasteiger partial charge in [-0.2, -0.15) is 0 Å². The Labute approximate surface area is 184 Å². The number of nitrogens with one attached hydrogen (secondary N) is 1. The van der Waals surface area contributed by atoms with Crippen LogP contribution in [0.25, 0.3) is 0 Å². The van der Waals surface area contributed by atoms with Gasteiger partial charge < -0.3 is 15.2 Å². The van der Waals surface area contributed by atoms with Gasteiger partial charge in [0, 0.05) is 26.3 Å². The molecule has 2 N–H and O–H groups in total. The Hall–Kier alpha value is -2.79. The minimum absolute atomic E-state index is 0.0107. The fourth-order valence-electron chi connectivity index (χ4n) is 4.32. The summed E-state index contributed by atoms with van der Waals surface area (Å²) in [6.07, 6.45) is 0.430. The fourth-order valence-corrected chi connectivity index (χ4v) is 6.45. The lowest BCUT2D eigenvalue weighted by Gasteiger charge is -2.35. The molecule has 1 aromatic heterocycles. The number of aromatic hydroxyl groups is 1. The molecule has 0 bridgehead atoms. The minimum Gasteiger partial charge on any atom is -0.501 e.